The first kappa shape index (κ1) is 24.0. The molecule has 10 nitrogen and oxygen atoms in total. The first-order valence-corrected chi connectivity index (χ1v) is 14.4. The van der Waals surface area contributed by atoms with Crippen LogP contribution in [0, 0.1) is 17.8 Å². The molecular weight excluding hydrogens is 508 g/mol. The molecule has 0 spiro atoms. The van der Waals surface area contributed by atoms with Crippen LogP contribution in [0.4, 0.5) is 4.79 Å². The fourth-order valence-electron chi connectivity index (χ4n) is 6.16. The number of nitrogens with one attached hydrogen (secondary N) is 3. The van der Waals surface area contributed by atoms with Gasteiger partial charge in [0.1, 0.15) is 5.54 Å². The standard InChI is InChI=1S/C24H29ClN4O6S/c25-18-3-1-2-15-16(18)11-29(23(32)33)20(15)13-8-19(26-10-13)21(30)27-24(9-17(24)12-4-5-12)22(31)28-36(34,35)14-6-7-14/h1-3,12-14,17,19-20,26H,4-11H2,(H,27,30)(H,28,31)(H,32,33)/t13-,17+,19+,20?,24-/m1/s1. The van der Waals surface area contributed by atoms with E-state index in [0.717, 1.165) is 24.0 Å². The van der Waals surface area contributed by atoms with E-state index in [4.69, 9.17) is 11.6 Å². The summed E-state index contributed by atoms with van der Waals surface area (Å²) in [5.74, 6) is -0.876. The van der Waals surface area contributed by atoms with Crippen LogP contribution in [0.1, 0.15) is 55.7 Å². The van der Waals surface area contributed by atoms with Crippen molar-refractivity contribution >= 4 is 39.5 Å². The van der Waals surface area contributed by atoms with Gasteiger partial charge in [0.2, 0.25) is 15.9 Å². The molecule has 0 aromatic heterocycles. The van der Waals surface area contributed by atoms with Gasteiger partial charge in [-0.1, -0.05) is 23.7 Å². The molecule has 1 aromatic rings. The van der Waals surface area contributed by atoms with E-state index in [-0.39, 0.29) is 24.3 Å². The van der Waals surface area contributed by atoms with Crippen molar-refractivity contribution in [2.45, 2.75) is 67.9 Å². The molecule has 3 amide bonds. The lowest BCUT2D eigenvalue weighted by Crippen LogP contribution is -2.55. The number of carboxylic acid groups (broad SMARTS) is 1. The molecule has 1 saturated heterocycles. The first-order chi connectivity index (χ1) is 17.1. The number of hydrogen-bond donors (Lipinski definition) is 4. The van der Waals surface area contributed by atoms with Crippen molar-refractivity contribution in [1.29, 1.82) is 0 Å². The molecular formula is C24H29ClN4O6S. The van der Waals surface area contributed by atoms with Gasteiger partial charge in [0.25, 0.3) is 5.91 Å². The number of hydrogen-bond acceptors (Lipinski definition) is 6. The Balaban J connectivity index is 1.17. The Labute approximate surface area is 214 Å². The predicted molar refractivity (Wildman–Crippen MR) is 129 cm³/mol. The van der Waals surface area contributed by atoms with E-state index in [2.05, 4.69) is 15.4 Å². The molecule has 6 rings (SSSR count). The summed E-state index contributed by atoms with van der Waals surface area (Å²) in [5.41, 5.74) is 0.452. The fourth-order valence-corrected chi connectivity index (χ4v) is 7.77. The van der Waals surface area contributed by atoms with E-state index < -0.39 is 44.9 Å². The van der Waals surface area contributed by atoms with Gasteiger partial charge in [-0.05, 0) is 73.5 Å². The molecule has 0 radical (unpaired) electrons. The Hall–Kier alpha value is -2.37. The van der Waals surface area contributed by atoms with Crippen LogP contribution in [-0.4, -0.2) is 59.7 Å². The Morgan fingerprint density at radius 3 is 2.56 bits per heavy atom. The lowest BCUT2D eigenvalue weighted by molar-refractivity contribution is -0.130. The molecule has 194 valence electrons. The van der Waals surface area contributed by atoms with Crippen LogP contribution in [0.25, 0.3) is 0 Å². The number of amides is 3. The Bertz CT molecular complexity index is 1250. The molecule has 36 heavy (non-hydrogen) atoms. The zero-order valence-electron chi connectivity index (χ0n) is 19.6. The molecule has 3 aliphatic carbocycles. The van der Waals surface area contributed by atoms with E-state index in [1.807, 2.05) is 6.07 Å². The van der Waals surface area contributed by atoms with Crippen molar-refractivity contribution in [3.8, 4) is 0 Å². The third kappa shape index (κ3) is 4.05. The second kappa shape index (κ2) is 8.32. The molecule has 2 aliphatic heterocycles. The lowest BCUT2D eigenvalue weighted by atomic mass is 9.90. The minimum Gasteiger partial charge on any atom is -0.465 e. The maximum absolute atomic E-state index is 13.3. The highest BCUT2D eigenvalue weighted by Crippen LogP contribution is 2.57. The zero-order valence-corrected chi connectivity index (χ0v) is 21.1. The van der Waals surface area contributed by atoms with Crippen molar-refractivity contribution in [3.63, 3.8) is 0 Å². The molecule has 1 unspecified atom stereocenters. The molecule has 12 heteroatoms. The molecule has 1 aromatic carbocycles. The van der Waals surface area contributed by atoms with Crippen molar-refractivity contribution in [1.82, 2.24) is 20.3 Å². The maximum atomic E-state index is 13.3. The van der Waals surface area contributed by atoms with Crippen molar-refractivity contribution in [3.05, 3.63) is 34.3 Å². The van der Waals surface area contributed by atoms with Gasteiger partial charge in [0.05, 0.1) is 23.9 Å². The zero-order chi connectivity index (χ0) is 25.4. The Kier molecular flexibility index (Phi) is 5.55. The third-order valence-corrected chi connectivity index (χ3v) is 10.6. The third-order valence-electron chi connectivity index (χ3n) is 8.47. The number of benzene rings is 1. The SMILES string of the molecule is O=C(N[C@]1(C(=O)NS(=O)(=O)C2CC2)C[C@H]1C1CC1)[C@@H]1C[C@@H](C2c3cccc(Cl)c3CN2C(=O)O)CN1. The van der Waals surface area contributed by atoms with E-state index in [0.29, 0.717) is 43.2 Å². The van der Waals surface area contributed by atoms with Gasteiger partial charge in [-0.15, -0.1) is 0 Å². The first-order valence-electron chi connectivity index (χ1n) is 12.5. The summed E-state index contributed by atoms with van der Waals surface area (Å²) in [6, 6.07) is 4.38. The smallest absolute Gasteiger partial charge is 0.408 e. The average Bonchev–Trinajstić information content (AvgIpc) is 3.72. The highest BCUT2D eigenvalue weighted by Gasteiger charge is 2.66. The number of nitrogens with zero attached hydrogens (tertiary/aromatic N) is 1. The predicted octanol–water partition coefficient (Wildman–Crippen LogP) is 1.75. The van der Waals surface area contributed by atoms with Gasteiger partial charge in [-0.25, -0.2) is 13.2 Å². The van der Waals surface area contributed by atoms with Crippen molar-refractivity contribution < 1.29 is 27.9 Å². The summed E-state index contributed by atoms with van der Waals surface area (Å²) in [6.45, 7) is 0.629. The molecule has 0 bridgehead atoms. The topological polar surface area (TPSA) is 145 Å². The molecule has 4 N–H and O–H groups in total. The van der Waals surface area contributed by atoms with Gasteiger partial charge < -0.3 is 15.7 Å². The summed E-state index contributed by atoms with van der Waals surface area (Å²) in [7, 11) is -3.72. The number of halogens is 1. The molecule has 3 saturated carbocycles. The lowest BCUT2D eigenvalue weighted by Gasteiger charge is -2.27. The molecule has 2 heterocycles. The summed E-state index contributed by atoms with van der Waals surface area (Å²) in [6.07, 6.45) is 2.82. The van der Waals surface area contributed by atoms with Crippen LogP contribution in [0.15, 0.2) is 18.2 Å². The summed E-state index contributed by atoms with van der Waals surface area (Å²) in [5, 5.41) is 15.9. The Morgan fingerprint density at radius 1 is 1.14 bits per heavy atom. The summed E-state index contributed by atoms with van der Waals surface area (Å²) in [4.78, 5) is 39.8. The summed E-state index contributed by atoms with van der Waals surface area (Å²) < 4.78 is 27.0. The summed E-state index contributed by atoms with van der Waals surface area (Å²) >= 11 is 6.33. The average molecular weight is 537 g/mol. The van der Waals surface area contributed by atoms with Crippen molar-refractivity contribution in [2.24, 2.45) is 17.8 Å². The minimum absolute atomic E-state index is 0.0561. The Morgan fingerprint density at radius 2 is 1.89 bits per heavy atom. The van der Waals surface area contributed by atoms with Gasteiger partial charge in [0, 0.05) is 11.6 Å². The number of carbonyl (C=O) groups excluding carboxylic acids is 2. The van der Waals surface area contributed by atoms with Crippen molar-refractivity contribution in [2.75, 3.05) is 6.54 Å². The van der Waals surface area contributed by atoms with Crippen LogP contribution < -0.4 is 15.4 Å². The van der Waals surface area contributed by atoms with E-state index in [9.17, 15) is 27.9 Å². The largest absolute Gasteiger partial charge is 0.465 e. The number of fused-ring (bicyclic) bond motifs is 1. The van der Waals surface area contributed by atoms with Gasteiger partial charge >= 0.3 is 6.09 Å². The highest BCUT2D eigenvalue weighted by molar-refractivity contribution is 7.91. The van der Waals surface area contributed by atoms with Crippen LogP contribution >= 0.6 is 11.6 Å². The normalized spacial score (nSPS) is 33.2. The number of sulfonamides is 1. The van der Waals surface area contributed by atoms with Gasteiger partial charge in [-0.3, -0.25) is 19.2 Å². The maximum Gasteiger partial charge on any atom is 0.408 e. The van der Waals surface area contributed by atoms with Gasteiger partial charge in [0.15, 0.2) is 0 Å². The van der Waals surface area contributed by atoms with Crippen LogP contribution in [-0.2, 0) is 26.2 Å². The number of carbonyl (C=O) groups is 3. The molecule has 4 fully saturated rings. The van der Waals surface area contributed by atoms with Crippen LogP contribution in [0.2, 0.25) is 5.02 Å². The van der Waals surface area contributed by atoms with E-state index in [1.54, 1.807) is 12.1 Å². The second-order valence-electron chi connectivity index (χ2n) is 10.9. The number of rotatable bonds is 7. The fraction of sp³-hybridized carbons (Fsp3) is 0.625. The quantitative estimate of drug-likeness (QED) is 0.415. The van der Waals surface area contributed by atoms with Gasteiger partial charge in [-0.2, -0.15) is 0 Å². The van der Waals surface area contributed by atoms with Crippen LogP contribution in [0.5, 0.6) is 0 Å². The second-order valence-corrected chi connectivity index (χ2v) is 13.3. The van der Waals surface area contributed by atoms with Crippen LogP contribution in [0.3, 0.4) is 0 Å². The molecule has 5 aliphatic rings. The monoisotopic (exact) mass is 536 g/mol. The minimum atomic E-state index is -3.72. The molecule has 5 atom stereocenters. The van der Waals surface area contributed by atoms with E-state index >= 15 is 0 Å². The van der Waals surface area contributed by atoms with E-state index in [1.165, 1.54) is 4.90 Å². The highest BCUT2D eigenvalue weighted by atomic mass is 35.5.